The summed E-state index contributed by atoms with van der Waals surface area (Å²) in [4.78, 5) is 19.9. The summed E-state index contributed by atoms with van der Waals surface area (Å²) in [6, 6.07) is 62.8. The maximum absolute atomic E-state index is 5.14. The molecular formula is C46H30N6. The lowest BCUT2D eigenvalue weighted by molar-refractivity contribution is 1.07. The van der Waals surface area contributed by atoms with E-state index in [1.165, 1.54) is 16.7 Å². The molecular weight excluding hydrogens is 637 g/mol. The molecule has 0 aliphatic carbocycles. The Bertz CT molecular complexity index is 2800. The summed E-state index contributed by atoms with van der Waals surface area (Å²) in [5, 5.41) is 0. The highest BCUT2D eigenvalue weighted by Gasteiger charge is 2.19. The summed E-state index contributed by atoms with van der Waals surface area (Å²) in [7, 11) is 0. The van der Waals surface area contributed by atoms with Crippen LogP contribution < -0.4 is 0 Å². The quantitative estimate of drug-likeness (QED) is 0.177. The van der Waals surface area contributed by atoms with E-state index in [1.807, 2.05) is 72.8 Å². The van der Waals surface area contributed by atoms with Gasteiger partial charge in [0.25, 0.3) is 0 Å². The molecule has 0 spiro atoms. The first-order valence-corrected chi connectivity index (χ1v) is 17.3. The van der Waals surface area contributed by atoms with Gasteiger partial charge in [-0.05, 0) is 70.8 Å². The molecule has 0 radical (unpaired) electrons. The Morgan fingerprint density at radius 2 is 0.750 bits per heavy atom. The van der Waals surface area contributed by atoms with Crippen molar-refractivity contribution in [1.82, 2.24) is 28.9 Å². The summed E-state index contributed by atoms with van der Waals surface area (Å²) in [6.07, 6.45) is 0. The van der Waals surface area contributed by atoms with E-state index in [4.69, 9.17) is 19.9 Å². The molecule has 0 N–H and O–H groups in total. The molecule has 10 rings (SSSR count). The van der Waals surface area contributed by atoms with Crippen molar-refractivity contribution in [3.05, 3.63) is 182 Å². The van der Waals surface area contributed by atoms with Crippen molar-refractivity contribution in [2.45, 2.75) is 0 Å². The minimum Gasteiger partial charge on any atom is -0.278 e. The lowest BCUT2D eigenvalue weighted by Gasteiger charge is -2.10. The van der Waals surface area contributed by atoms with Gasteiger partial charge < -0.3 is 0 Å². The fourth-order valence-corrected chi connectivity index (χ4v) is 7.02. The second kappa shape index (κ2) is 12.3. The SMILES string of the molecule is c1ccc(-c2ccc(-c3ccc4c(c3)n3c5ccccc5nc3n4-c3ccc(-c4nc(-c5ccccc5)nc(-c5ccccc5)n4)cc3)cc2)cc1. The van der Waals surface area contributed by atoms with E-state index in [0.29, 0.717) is 17.5 Å². The molecule has 244 valence electrons. The summed E-state index contributed by atoms with van der Waals surface area (Å²) < 4.78 is 4.50. The largest absolute Gasteiger partial charge is 0.278 e. The van der Waals surface area contributed by atoms with Crippen LogP contribution in [0.2, 0.25) is 0 Å². The highest BCUT2D eigenvalue weighted by molar-refractivity contribution is 5.94. The molecule has 10 aromatic rings. The highest BCUT2D eigenvalue weighted by atomic mass is 15.2. The average Bonchev–Trinajstić information content (AvgIpc) is 3.76. The van der Waals surface area contributed by atoms with Gasteiger partial charge in [-0.15, -0.1) is 0 Å². The fourth-order valence-electron chi connectivity index (χ4n) is 7.02. The van der Waals surface area contributed by atoms with Crippen LogP contribution in [0.5, 0.6) is 0 Å². The van der Waals surface area contributed by atoms with Gasteiger partial charge in [0.05, 0.1) is 22.1 Å². The fraction of sp³-hybridized carbons (Fsp3) is 0. The van der Waals surface area contributed by atoms with Crippen LogP contribution in [0.4, 0.5) is 0 Å². The highest BCUT2D eigenvalue weighted by Crippen LogP contribution is 2.34. The van der Waals surface area contributed by atoms with Gasteiger partial charge in [-0.2, -0.15) is 0 Å². The molecule has 0 unspecified atom stereocenters. The number of rotatable bonds is 6. The number of fused-ring (bicyclic) bond motifs is 5. The maximum Gasteiger partial charge on any atom is 0.220 e. The molecule has 3 aromatic heterocycles. The van der Waals surface area contributed by atoms with Crippen molar-refractivity contribution in [3.63, 3.8) is 0 Å². The average molecular weight is 667 g/mol. The van der Waals surface area contributed by atoms with Crippen molar-refractivity contribution >= 4 is 27.8 Å². The van der Waals surface area contributed by atoms with Gasteiger partial charge in [0, 0.05) is 22.4 Å². The summed E-state index contributed by atoms with van der Waals surface area (Å²) in [6.45, 7) is 0. The minimum absolute atomic E-state index is 0.622. The molecule has 6 heteroatoms. The Morgan fingerprint density at radius 3 is 1.35 bits per heavy atom. The van der Waals surface area contributed by atoms with E-state index in [-0.39, 0.29) is 0 Å². The van der Waals surface area contributed by atoms with Crippen LogP contribution in [0.25, 0.3) is 89.9 Å². The van der Waals surface area contributed by atoms with Crippen molar-refractivity contribution in [3.8, 4) is 62.1 Å². The standard InChI is InChI=1S/C46H30N6/c1-4-12-31(13-5-1)32-20-22-33(23-21-32)37-26-29-41-42(30-37)52-40-19-11-10-18-39(40)47-46(52)51(41)38-27-24-36(25-28-38)45-49-43(34-14-6-2-7-15-34)48-44(50-45)35-16-8-3-9-17-35/h1-30H. The van der Waals surface area contributed by atoms with E-state index >= 15 is 0 Å². The number of hydrogen-bond acceptors (Lipinski definition) is 4. The molecule has 3 heterocycles. The predicted octanol–water partition coefficient (Wildman–Crippen LogP) is 11.0. The number of imidazole rings is 2. The molecule has 0 bridgehead atoms. The molecule has 0 saturated heterocycles. The van der Waals surface area contributed by atoms with Crippen molar-refractivity contribution in [2.75, 3.05) is 0 Å². The lowest BCUT2D eigenvalue weighted by Crippen LogP contribution is -2.00. The Kier molecular flexibility index (Phi) is 7.03. The topological polar surface area (TPSA) is 60.9 Å². The smallest absolute Gasteiger partial charge is 0.220 e. The number of nitrogens with zero attached hydrogens (tertiary/aromatic N) is 6. The first-order valence-electron chi connectivity index (χ1n) is 17.3. The van der Waals surface area contributed by atoms with E-state index < -0.39 is 0 Å². The van der Waals surface area contributed by atoms with E-state index in [0.717, 1.165) is 55.8 Å². The van der Waals surface area contributed by atoms with Gasteiger partial charge in [-0.3, -0.25) is 8.97 Å². The van der Waals surface area contributed by atoms with E-state index in [1.54, 1.807) is 0 Å². The molecule has 7 aromatic carbocycles. The van der Waals surface area contributed by atoms with Crippen LogP contribution in [-0.2, 0) is 0 Å². The summed E-state index contributed by atoms with van der Waals surface area (Å²) >= 11 is 0. The van der Waals surface area contributed by atoms with Crippen LogP contribution >= 0.6 is 0 Å². The molecule has 0 fully saturated rings. The molecule has 0 aliphatic heterocycles. The normalized spacial score (nSPS) is 11.5. The van der Waals surface area contributed by atoms with Crippen LogP contribution in [0, 0.1) is 0 Å². The van der Waals surface area contributed by atoms with Gasteiger partial charge in [0.1, 0.15) is 0 Å². The van der Waals surface area contributed by atoms with Gasteiger partial charge >= 0.3 is 0 Å². The van der Waals surface area contributed by atoms with Gasteiger partial charge in [0.15, 0.2) is 17.5 Å². The molecule has 0 amide bonds. The predicted molar refractivity (Wildman–Crippen MR) is 210 cm³/mol. The van der Waals surface area contributed by atoms with Crippen molar-refractivity contribution in [2.24, 2.45) is 0 Å². The third-order valence-corrected chi connectivity index (χ3v) is 9.61. The number of aromatic nitrogens is 6. The minimum atomic E-state index is 0.622. The zero-order valence-corrected chi connectivity index (χ0v) is 28.0. The van der Waals surface area contributed by atoms with E-state index in [9.17, 15) is 0 Å². The number of hydrogen-bond donors (Lipinski definition) is 0. The molecule has 6 nitrogen and oxygen atoms in total. The summed E-state index contributed by atoms with van der Waals surface area (Å²) in [5.74, 6) is 2.76. The second-order valence-corrected chi connectivity index (χ2v) is 12.8. The Hall–Kier alpha value is -7.18. The van der Waals surface area contributed by atoms with Crippen LogP contribution in [-0.4, -0.2) is 28.9 Å². The molecule has 0 atom stereocenters. The zero-order valence-electron chi connectivity index (χ0n) is 28.0. The summed E-state index contributed by atoms with van der Waals surface area (Å²) in [5.41, 5.74) is 12.7. The first-order chi connectivity index (χ1) is 25.8. The number of para-hydroxylation sites is 2. The zero-order chi connectivity index (χ0) is 34.4. The molecule has 52 heavy (non-hydrogen) atoms. The van der Waals surface area contributed by atoms with Crippen LogP contribution in [0.1, 0.15) is 0 Å². The van der Waals surface area contributed by atoms with Gasteiger partial charge in [-0.1, -0.05) is 133 Å². The number of benzene rings is 7. The third kappa shape index (κ3) is 5.13. The Morgan fingerprint density at radius 1 is 0.308 bits per heavy atom. The van der Waals surface area contributed by atoms with Crippen LogP contribution in [0.3, 0.4) is 0 Å². The van der Waals surface area contributed by atoms with Gasteiger partial charge in [0.2, 0.25) is 5.78 Å². The van der Waals surface area contributed by atoms with Crippen molar-refractivity contribution in [1.29, 1.82) is 0 Å². The van der Waals surface area contributed by atoms with E-state index in [2.05, 4.69) is 118 Å². The second-order valence-electron chi connectivity index (χ2n) is 12.8. The molecule has 0 saturated carbocycles. The third-order valence-electron chi connectivity index (χ3n) is 9.61. The maximum atomic E-state index is 5.14. The lowest BCUT2D eigenvalue weighted by atomic mass is 10.00. The van der Waals surface area contributed by atoms with Crippen molar-refractivity contribution < 1.29 is 0 Å². The first kappa shape index (κ1) is 29.7. The van der Waals surface area contributed by atoms with Crippen LogP contribution in [0.15, 0.2) is 182 Å². The molecule has 0 aliphatic rings. The van der Waals surface area contributed by atoms with Gasteiger partial charge in [-0.25, -0.2) is 19.9 Å². The monoisotopic (exact) mass is 666 g/mol. The Balaban J connectivity index is 1.09. The Labute approximate surface area is 300 Å².